The van der Waals surface area contributed by atoms with Gasteiger partial charge in [0.05, 0.1) is 29.8 Å². The average Bonchev–Trinajstić information content (AvgIpc) is 3.33. The maximum absolute atomic E-state index is 13.1. The summed E-state index contributed by atoms with van der Waals surface area (Å²) in [4.78, 5) is 20.6. The maximum Gasteiger partial charge on any atom is 0.231 e. The number of nitrogens with zero attached hydrogens (tertiary/aromatic N) is 3. The first-order valence-corrected chi connectivity index (χ1v) is 8.40. The smallest absolute Gasteiger partial charge is 0.231 e. The third-order valence-corrected chi connectivity index (χ3v) is 4.86. The van der Waals surface area contributed by atoms with Crippen LogP contribution in [0, 0.1) is 12.8 Å². The van der Waals surface area contributed by atoms with Gasteiger partial charge in [0, 0.05) is 30.9 Å². The van der Waals surface area contributed by atoms with E-state index >= 15 is 0 Å². The molecule has 1 aliphatic rings. The second-order valence-corrected chi connectivity index (χ2v) is 6.53. The summed E-state index contributed by atoms with van der Waals surface area (Å²) < 4.78 is 20.5. The van der Waals surface area contributed by atoms with Crippen molar-refractivity contribution in [2.75, 3.05) is 12.4 Å². The van der Waals surface area contributed by atoms with Crippen LogP contribution >= 0.6 is 0 Å². The van der Waals surface area contributed by atoms with Crippen molar-refractivity contribution in [2.45, 2.75) is 19.5 Å². The number of rotatable bonds is 4. The van der Waals surface area contributed by atoms with E-state index in [1.54, 1.807) is 19.5 Å². The molecule has 3 aromatic heterocycles. The van der Waals surface area contributed by atoms with E-state index in [4.69, 9.17) is 4.74 Å². The van der Waals surface area contributed by atoms with Crippen LogP contribution in [0.5, 0.6) is 5.88 Å². The van der Waals surface area contributed by atoms with Crippen molar-refractivity contribution in [1.29, 1.82) is 0 Å². The van der Waals surface area contributed by atoms with Gasteiger partial charge < -0.3 is 14.6 Å². The molecule has 0 bridgehead atoms. The van der Waals surface area contributed by atoms with E-state index in [1.807, 2.05) is 36.7 Å². The Balaban J connectivity index is 1.77. The lowest BCUT2D eigenvalue weighted by Crippen LogP contribution is -2.15. The van der Waals surface area contributed by atoms with Crippen LogP contribution in [0.3, 0.4) is 0 Å². The molecule has 4 rings (SSSR count). The van der Waals surface area contributed by atoms with E-state index < -0.39 is 12.1 Å². The third-order valence-electron chi connectivity index (χ3n) is 4.86. The number of hydrogen-bond acceptors (Lipinski definition) is 4. The second-order valence-electron chi connectivity index (χ2n) is 6.53. The van der Waals surface area contributed by atoms with Gasteiger partial charge in [-0.3, -0.25) is 4.79 Å². The van der Waals surface area contributed by atoms with Gasteiger partial charge in [0.2, 0.25) is 11.8 Å². The molecule has 1 amide bonds. The molecule has 3 aromatic rings. The molecular formula is C19H19FN4O2. The second kappa shape index (κ2) is 6.09. The number of pyridine rings is 2. The predicted octanol–water partition coefficient (Wildman–Crippen LogP) is 3.25. The molecular weight excluding hydrogens is 335 g/mol. The number of alkyl halides is 1. The van der Waals surface area contributed by atoms with Gasteiger partial charge in [-0.1, -0.05) is 0 Å². The van der Waals surface area contributed by atoms with Crippen molar-refractivity contribution in [3.05, 3.63) is 36.2 Å². The molecule has 1 aliphatic carbocycles. The standard InChI is InChI=1S/C19H19FN4O2/c1-10-13-9-22-16(23-18(25)12-7-14(12)20)8-15(13)24(2)17(10)11-5-4-6-21-19(11)26-3/h4-6,8-9,12,14H,7H2,1-3H3,(H,22,23,25)/t12-,14+/m1/s1. The van der Waals surface area contributed by atoms with Crippen molar-refractivity contribution in [3.63, 3.8) is 0 Å². The Bertz CT molecular complexity index is 1010. The largest absolute Gasteiger partial charge is 0.481 e. The van der Waals surface area contributed by atoms with Crippen LogP contribution in [0.4, 0.5) is 10.2 Å². The number of amides is 1. The predicted molar refractivity (Wildman–Crippen MR) is 96.9 cm³/mol. The first-order chi connectivity index (χ1) is 12.5. The Labute approximate surface area is 150 Å². The van der Waals surface area contributed by atoms with Crippen LogP contribution in [-0.4, -0.2) is 33.7 Å². The zero-order valence-corrected chi connectivity index (χ0v) is 14.8. The number of aryl methyl sites for hydroxylation is 2. The molecule has 0 saturated heterocycles. The van der Waals surface area contributed by atoms with Crippen LogP contribution in [0.15, 0.2) is 30.6 Å². The summed E-state index contributed by atoms with van der Waals surface area (Å²) >= 11 is 0. The zero-order valence-electron chi connectivity index (χ0n) is 14.8. The molecule has 1 N–H and O–H groups in total. The summed E-state index contributed by atoms with van der Waals surface area (Å²) in [7, 11) is 3.54. The van der Waals surface area contributed by atoms with Crippen molar-refractivity contribution < 1.29 is 13.9 Å². The average molecular weight is 354 g/mol. The number of anilines is 1. The normalized spacial score (nSPS) is 18.8. The SMILES string of the molecule is COc1ncccc1-c1c(C)c2cnc(NC(=O)[C@@H]3C[C@@H]3F)cc2n1C. The van der Waals surface area contributed by atoms with Gasteiger partial charge in [-0.05, 0) is 31.0 Å². The van der Waals surface area contributed by atoms with Crippen LogP contribution in [0.1, 0.15) is 12.0 Å². The number of hydrogen-bond donors (Lipinski definition) is 1. The number of methoxy groups -OCH3 is 1. The monoisotopic (exact) mass is 354 g/mol. The maximum atomic E-state index is 13.1. The molecule has 2 atom stereocenters. The Morgan fingerprint density at radius 1 is 1.42 bits per heavy atom. The lowest BCUT2D eigenvalue weighted by atomic mass is 10.1. The van der Waals surface area contributed by atoms with E-state index in [1.165, 1.54) is 0 Å². The molecule has 1 saturated carbocycles. The van der Waals surface area contributed by atoms with E-state index in [2.05, 4.69) is 15.3 Å². The first-order valence-electron chi connectivity index (χ1n) is 8.40. The minimum atomic E-state index is -1.03. The number of carbonyl (C=O) groups excluding carboxylic acids is 1. The molecule has 0 aromatic carbocycles. The third kappa shape index (κ3) is 2.60. The highest BCUT2D eigenvalue weighted by Crippen LogP contribution is 2.37. The van der Waals surface area contributed by atoms with Crippen molar-refractivity contribution >= 4 is 22.6 Å². The quantitative estimate of drug-likeness (QED) is 0.781. The Hall–Kier alpha value is -2.96. The molecule has 0 unspecified atom stereocenters. The summed E-state index contributed by atoms with van der Waals surface area (Å²) in [6.45, 7) is 2.02. The molecule has 1 fully saturated rings. The van der Waals surface area contributed by atoms with E-state index in [-0.39, 0.29) is 5.91 Å². The van der Waals surface area contributed by atoms with Crippen molar-refractivity contribution in [2.24, 2.45) is 13.0 Å². The highest BCUT2D eigenvalue weighted by molar-refractivity contribution is 5.97. The molecule has 134 valence electrons. The van der Waals surface area contributed by atoms with Gasteiger partial charge >= 0.3 is 0 Å². The van der Waals surface area contributed by atoms with E-state index in [0.29, 0.717) is 18.1 Å². The number of halogens is 1. The van der Waals surface area contributed by atoms with Gasteiger partial charge in [-0.25, -0.2) is 14.4 Å². The summed E-state index contributed by atoms with van der Waals surface area (Å²) in [6, 6.07) is 5.63. The number of aromatic nitrogens is 3. The highest BCUT2D eigenvalue weighted by Gasteiger charge is 2.43. The Morgan fingerprint density at radius 2 is 2.19 bits per heavy atom. The first kappa shape index (κ1) is 16.5. The van der Waals surface area contributed by atoms with Crippen LogP contribution < -0.4 is 10.1 Å². The fourth-order valence-electron chi connectivity index (χ4n) is 3.35. The van der Waals surface area contributed by atoms with Crippen molar-refractivity contribution in [1.82, 2.24) is 14.5 Å². The van der Waals surface area contributed by atoms with Gasteiger partial charge in [-0.15, -0.1) is 0 Å². The van der Waals surface area contributed by atoms with Crippen LogP contribution in [0.25, 0.3) is 22.2 Å². The number of ether oxygens (including phenoxy) is 1. The summed E-state index contributed by atoms with van der Waals surface area (Å²) in [5.74, 6) is 0.111. The number of carbonyl (C=O) groups is 1. The summed E-state index contributed by atoms with van der Waals surface area (Å²) in [5, 5.41) is 3.68. The zero-order chi connectivity index (χ0) is 18.4. The fraction of sp³-hybridized carbons (Fsp3) is 0.316. The molecule has 26 heavy (non-hydrogen) atoms. The Kier molecular flexibility index (Phi) is 3.86. The van der Waals surface area contributed by atoms with Gasteiger partial charge in [0.1, 0.15) is 12.0 Å². The molecule has 6 nitrogen and oxygen atoms in total. The molecule has 0 aliphatic heterocycles. The van der Waals surface area contributed by atoms with Crippen LogP contribution in [0.2, 0.25) is 0 Å². The summed E-state index contributed by atoms with van der Waals surface area (Å²) in [5.41, 5.74) is 3.82. The lowest BCUT2D eigenvalue weighted by Gasteiger charge is -2.10. The lowest BCUT2D eigenvalue weighted by molar-refractivity contribution is -0.117. The van der Waals surface area contributed by atoms with Gasteiger partial charge in [-0.2, -0.15) is 0 Å². The van der Waals surface area contributed by atoms with Gasteiger partial charge in [0.15, 0.2) is 0 Å². The summed E-state index contributed by atoms with van der Waals surface area (Å²) in [6.07, 6.45) is 2.68. The highest BCUT2D eigenvalue weighted by atomic mass is 19.1. The van der Waals surface area contributed by atoms with E-state index in [9.17, 15) is 9.18 Å². The molecule has 7 heteroatoms. The fourth-order valence-corrected chi connectivity index (χ4v) is 3.35. The minimum Gasteiger partial charge on any atom is -0.481 e. The number of fused-ring (bicyclic) bond motifs is 1. The molecule has 0 spiro atoms. The van der Waals surface area contributed by atoms with Crippen LogP contribution in [-0.2, 0) is 11.8 Å². The Morgan fingerprint density at radius 3 is 2.88 bits per heavy atom. The van der Waals surface area contributed by atoms with Crippen molar-refractivity contribution in [3.8, 4) is 17.1 Å². The van der Waals surface area contributed by atoms with Gasteiger partial charge in [0.25, 0.3) is 0 Å². The number of nitrogens with one attached hydrogen (secondary N) is 1. The molecule has 3 heterocycles. The molecule has 0 radical (unpaired) electrons. The topological polar surface area (TPSA) is 69.0 Å². The minimum absolute atomic E-state index is 0.294. The van der Waals surface area contributed by atoms with E-state index in [0.717, 1.165) is 27.7 Å².